The number of fused-ring (bicyclic) bond motifs is 1. The molecule has 6 heteroatoms. The van der Waals surface area contributed by atoms with Gasteiger partial charge in [-0.2, -0.15) is 0 Å². The fourth-order valence-corrected chi connectivity index (χ4v) is 3.21. The zero-order chi connectivity index (χ0) is 20.8. The largest absolute Gasteiger partial charge is 0.493 e. The number of carboxylic acid groups (broad SMARTS) is 1. The number of hydrogen-bond donors (Lipinski definition) is 2. The molecule has 0 spiro atoms. The molecule has 0 radical (unpaired) electrons. The van der Waals surface area contributed by atoms with Crippen LogP contribution in [0.25, 0.3) is 16.5 Å². The number of allylic oxidation sites excluding steroid dienone is 1. The molecule has 1 atom stereocenters. The second-order valence-corrected chi connectivity index (χ2v) is 6.98. The third-order valence-corrected chi connectivity index (χ3v) is 4.76. The quantitative estimate of drug-likeness (QED) is 0.613. The van der Waals surface area contributed by atoms with Gasteiger partial charge in [0.2, 0.25) is 5.91 Å². The lowest BCUT2D eigenvalue weighted by molar-refractivity contribution is -0.141. The third-order valence-electron chi connectivity index (χ3n) is 4.76. The summed E-state index contributed by atoms with van der Waals surface area (Å²) in [6.07, 6.45) is 5.15. The summed E-state index contributed by atoms with van der Waals surface area (Å²) in [5, 5.41) is 12.9. The van der Waals surface area contributed by atoms with Crippen LogP contribution in [0.15, 0.2) is 22.8 Å². The molecule has 1 unspecified atom stereocenters. The molecule has 0 aliphatic heterocycles. The summed E-state index contributed by atoms with van der Waals surface area (Å²) in [7, 11) is 0. The Morgan fingerprint density at radius 3 is 2.64 bits per heavy atom. The Morgan fingerprint density at radius 1 is 1.32 bits per heavy atom. The van der Waals surface area contributed by atoms with E-state index >= 15 is 0 Å². The zero-order valence-electron chi connectivity index (χ0n) is 17.2. The summed E-state index contributed by atoms with van der Waals surface area (Å²) in [5.74, 6) is -0.772. The van der Waals surface area contributed by atoms with Gasteiger partial charge in [0.15, 0.2) is 0 Å². The van der Waals surface area contributed by atoms with Crippen LogP contribution in [0.5, 0.6) is 5.75 Å². The normalized spacial score (nSPS) is 12.8. The summed E-state index contributed by atoms with van der Waals surface area (Å²) < 4.78 is 11.5. The number of rotatable bonds is 9. The highest BCUT2D eigenvalue weighted by Crippen LogP contribution is 2.37. The molecule has 1 amide bonds. The summed E-state index contributed by atoms with van der Waals surface area (Å²) in [4.78, 5) is 23.8. The standard InChI is InChI=1S/C22H29NO5/c1-6-8-9-18(22(25)26)23-19(24)10-13(3)16-11-17-14(4)12-28-21(17)15(5)20(16)27-7-2/h10-12,18H,6-9H2,1-5H3,(H,23,24)(H,25,26)/b13-10+. The van der Waals surface area contributed by atoms with Crippen molar-refractivity contribution in [1.82, 2.24) is 5.32 Å². The van der Waals surface area contributed by atoms with Crippen LogP contribution < -0.4 is 10.1 Å². The molecular weight excluding hydrogens is 358 g/mol. The molecule has 1 aromatic heterocycles. The third kappa shape index (κ3) is 4.74. The summed E-state index contributed by atoms with van der Waals surface area (Å²) in [5.41, 5.74) is 4.15. The monoisotopic (exact) mass is 387 g/mol. The first-order chi connectivity index (χ1) is 13.3. The molecule has 28 heavy (non-hydrogen) atoms. The van der Waals surface area contributed by atoms with Crippen LogP contribution >= 0.6 is 0 Å². The Morgan fingerprint density at radius 2 is 2.04 bits per heavy atom. The van der Waals surface area contributed by atoms with E-state index < -0.39 is 17.9 Å². The first-order valence-corrected chi connectivity index (χ1v) is 9.66. The van der Waals surface area contributed by atoms with Crippen LogP contribution in [0.2, 0.25) is 0 Å². The van der Waals surface area contributed by atoms with Crippen molar-refractivity contribution in [3.8, 4) is 5.75 Å². The van der Waals surface area contributed by atoms with E-state index in [0.29, 0.717) is 24.4 Å². The molecule has 1 heterocycles. The molecule has 2 N–H and O–H groups in total. The minimum Gasteiger partial charge on any atom is -0.493 e. The molecule has 0 aliphatic carbocycles. The van der Waals surface area contributed by atoms with Crippen molar-refractivity contribution in [3.05, 3.63) is 35.1 Å². The van der Waals surface area contributed by atoms with E-state index in [-0.39, 0.29) is 0 Å². The SMILES string of the molecule is CCCCC(NC(=O)/C=C(\C)c1cc2c(C)coc2c(C)c1OCC)C(=O)O. The number of carbonyl (C=O) groups excluding carboxylic acids is 1. The molecular formula is C22H29NO5. The van der Waals surface area contributed by atoms with Gasteiger partial charge in [-0.15, -0.1) is 0 Å². The van der Waals surface area contributed by atoms with Gasteiger partial charge < -0.3 is 19.6 Å². The molecule has 0 fully saturated rings. The highest BCUT2D eigenvalue weighted by Gasteiger charge is 2.20. The average molecular weight is 387 g/mol. The van der Waals surface area contributed by atoms with Crippen LogP contribution in [0.4, 0.5) is 0 Å². The van der Waals surface area contributed by atoms with E-state index in [1.54, 1.807) is 6.26 Å². The van der Waals surface area contributed by atoms with Gasteiger partial charge in [0.25, 0.3) is 0 Å². The molecule has 1 aromatic carbocycles. The predicted octanol–water partition coefficient (Wildman–Crippen LogP) is 4.61. The summed E-state index contributed by atoms with van der Waals surface area (Å²) in [6.45, 7) is 10.1. The first kappa shape index (κ1) is 21.5. The number of unbranched alkanes of at least 4 members (excludes halogenated alkanes) is 1. The fraction of sp³-hybridized carbons (Fsp3) is 0.455. The number of nitrogens with one attached hydrogen (secondary N) is 1. The predicted molar refractivity (Wildman–Crippen MR) is 110 cm³/mol. The zero-order valence-corrected chi connectivity index (χ0v) is 17.2. The Hall–Kier alpha value is -2.76. The first-order valence-electron chi connectivity index (χ1n) is 9.66. The number of aryl methyl sites for hydroxylation is 2. The van der Waals surface area contributed by atoms with Gasteiger partial charge in [-0.1, -0.05) is 19.8 Å². The van der Waals surface area contributed by atoms with E-state index in [0.717, 1.165) is 40.5 Å². The van der Waals surface area contributed by atoms with Crippen LogP contribution in [0.1, 0.15) is 56.7 Å². The Bertz CT molecular complexity index is 894. The Kier molecular flexibility index (Phi) is 7.26. The number of carbonyl (C=O) groups is 2. The molecule has 0 bridgehead atoms. The lowest BCUT2D eigenvalue weighted by Crippen LogP contribution is -2.40. The molecule has 0 saturated heterocycles. The number of benzene rings is 1. The van der Waals surface area contributed by atoms with Gasteiger partial charge in [0.1, 0.15) is 17.4 Å². The number of ether oxygens (including phenoxy) is 1. The van der Waals surface area contributed by atoms with Crippen molar-refractivity contribution in [3.63, 3.8) is 0 Å². The maximum atomic E-state index is 12.4. The highest BCUT2D eigenvalue weighted by molar-refractivity contribution is 5.99. The van der Waals surface area contributed by atoms with Crippen molar-refractivity contribution in [1.29, 1.82) is 0 Å². The maximum absolute atomic E-state index is 12.4. The number of furan rings is 1. The number of aliphatic carboxylic acids is 1. The van der Waals surface area contributed by atoms with E-state index in [4.69, 9.17) is 9.15 Å². The number of carboxylic acids is 1. The lowest BCUT2D eigenvalue weighted by Gasteiger charge is -2.16. The van der Waals surface area contributed by atoms with E-state index in [1.165, 1.54) is 6.08 Å². The Labute approximate surface area is 165 Å². The van der Waals surface area contributed by atoms with Crippen molar-refractivity contribution < 1.29 is 23.8 Å². The highest BCUT2D eigenvalue weighted by atomic mass is 16.5. The molecule has 2 aromatic rings. The topological polar surface area (TPSA) is 88.8 Å². The minimum absolute atomic E-state index is 0.411. The number of amides is 1. The van der Waals surface area contributed by atoms with Crippen molar-refractivity contribution >= 4 is 28.4 Å². The summed E-state index contributed by atoms with van der Waals surface area (Å²) in [6, 6.07) is 1.07. The molecule has 0 saturated carbocycles. The van der Waals surface area contributed by atoms with Crippen LogP contribution in [0, 0.1) is 13.8 Å². The van der Waals surface area contributed by atoms with Gasteiger partial charge in [-0.05, 0) is 51.3 Å². The van der Waals surface area contributed by atoms with Crippen molar-refractivity contribution in [2.24, 2.45) is 0 Å². The van der Waals surface area contributed by atoms with Gasteiger partial charge in [0.05, 0.1) is 12.9 Å². The van der Waals surface area contributed by atoms with Gasteiger partial charge in [-0.25, -0.2) is 4.79 Å². The minimum atomic E-state index is -1.02. The van der Waals surface area contributed by atoms with Gasteiger partial charge in [-0.3, -0.25) is 4.79 Å². The lowest BCUT2D eigenvalue weighted by atomic mass is 9.98. The maximum Gasteiger partial charge on any atom is 0.326 e. The van der Waals surface area contributed by atoms with Crippen LogP contribution in [-0.4, -0.2) is 29.6 Å². The fourth-order valence-electron chi connectivity index (χ4n) is 3.21. The van der Waals surface area contributed by atoms with E-state index in [1.807, 2.05) is 40.7 Å². The van der Waals surface area contributed by atoms with Crippen LogP contribution in [-0.2, 0) is 9.59 Å². The van der Waals surface area contributed by atoms with Crippen molar-refractivity contribution in [2.75, 3.05) is 6.61 Å². The van der Waals surface area contributed by atoms with Crippen LogP contribution in [0.3, 0.4) is 0 Å². The molecule has 6 nitrogen and oxygen atoms in total. The molecule has 0 aliphatic rings. The summed E-state index contributed by atoms with van der Waals surface area (Å²) >= 11 is 0. The second kappa shape index (κ2) is 9.44. The average Bonchev–Trinajstić information content (AvgIpc) is 3.01. The van der Waals surface area contributed by atoms with E-state index in [9.17, 15) is 14.7 Å². The molecule has 152 valence electrons. The number of hydrogen-bond acceptors (Lipinski definition) is 4. The van der Waals surface area contributed by atoms with E-state index in [2.05, 4.69) is 5.32 Å². The van der Waals surface area contributed by atoms with Gasteiger partial charge >= 0.3 is 5.97 Å². The van der Waals surface area contributed by atoms with Gasteiger partial charge in [0, 0.05) is 22.6 Å². The Balaban J connectivity index is 2.38. The smallest absolute Gasteiger partial charge is 0.326 e. The second-order valence-electron chi connectivity index (χ2n) is 6.98. The van der Waals surface area contributed by atoms with Crippen molar-refractivity contribution in [2.45, 2.75) is 59.9 Å². The molecule has 2 rings (SSSR count).